The van der Waals surface area contributed by atoms with Crippen LogP contribution in [0, 0.1) is 0 Å². The summed E-state index contributed by atoms with van der Waals surface area (Å²) in [6.07, 6.45) is 2.07. The van der Waals surface area contributed by atoms with Gasteiger partial charge in [-0.25, -0.2) is 0 Å². The summed E-state index contributed by atoms with van der Waals surface area (Å²) in [5.41, 5.74) is 0.150. The van der Waals surface area contributed by atoms with E-state index in [4.69, 9.17) is 4.74 Å². The third kappa shape index (κ3) is 2.73. The number of nitrogens with one attached hydrogen (secondary N) is 1. The minimum absolute atomic E-state index is 0.150. The van der Waals surface area contributed by atoms with Crippen molar-refractivity contribution in [1.29, 1.82) is 0 Å². The Hall–Kier alpha value is -1.01. The van der Waals surface area contributed by atoms with Gasteiger partial charge in [0.2, 0.25) is 0 Å². The predicted molar refractivity (Wildman–Crippen MR) is 54.1 cm³/mol. The molecule has 0 aromatic carbocycles. The molecule has 0 bridgehead atoms. The molecule has 0 spiro atoms. The molecular formula is C9H17N5O. The lowest BCUT2D eigenvalue weighted by Gasteiger charge is -2.34. The van der Waals surface area contributed by atoms with Gasteiger partial charge in [-0.1, -0.05) is 0 Å². The van der Waals surface area contributed by atoms with Gasteiger partial charge in [-0.15, -0.1) is 10.2 Å². The van der Waals surface area contributed by atoms with E-state index >= 15 is 0 Å². The van der Waals surface area contributed by atoms with E-state index in [9.17, 15) is 0 Å². The third-order valence-corrected chi connectivity index (χ3v) is 2.82. The standard InChI is InChI=1S/C9H17N5O/c1-9(3-5-15-6-4-9)10-7-8-11-13-14(2)12-8/h10H,3-7H2,1-2H3. The van der Waals surface area contributed by atoms with Gasteiger partial charge in [0.15, 0.2) is 5.82 Å². The monoisotopic (exact) mass is 211 g/mol. The number of hydrogen-bond donors (Lipinski definition) is 1. The summed E-state index contributed by atoms with van der Waals surface area (Å²) in [5, 5.41) is 15.3. The molecule has 0 atom stereocenters. The molecular weight excluding hydrogens is 194 g/mol. The van der Waals surface area contributed by atoms with Gasteiger partial charge in [-0.2, -0.15) is 4.80 Å². The molecule has 1 N–H and O–H groups in total. The van der Waals surface area contributed by atoms with Gasteiger partial charge < -0.3 is 10.1 Å². The van der Waals surface area contributed by atoms with Crippen LogP contribution in [0.25, 0.3) is 0 Å². The van der Waals surface area contributed by atoms with Gasteiger partial charge >= 0.3 is 0 Å². The predicted octanol–water partition coefficient (Wildman–Crippen LogP) is -0.131. The Balaban J connectivity index is 1.86. The van der Waals surface area contributed by atoms with Gasteiger partial charge in [-0.3, -0.25) is 0 Å². The lowest BCUT2D eigenvalue weighted by atomic mass is 9.92. The average molecular weight is 211 g/mol. The molecule has 6 heteroatoms. The quantitative estimate of drug-likeness (QED) is 0.754. The highest BCUT2D eigenvalue weighted by molar-refractivity contribution is 4.88. The molecule has 1 aliphatic rings. The Morgan fingerprint density at radius 1 is 1.47 bits per heavy atom. The molecule has 6 nitrogen and oxygen atoms in total. The van der Waals surface area contributed by atoms with Gasteiger partial charge in [0, 0.05) is 18.8 Å². The van der Waals surface area contributed by atoms with Crippen LogP contribution in [-0.2, 0) is 18.3 Å². The number of hydrogen-bond acceptors (Lipinski definition) is 5. The van der Waals surface area contributed by atoms with E-state index in [1.807, 2.05) is 0 Å². The molecule has 2 heterocycles. The lowest BCUT2D eigenvalue weighted by Crippen LogP contribution is -2.46. The number of aromatic nitrogens is 4. The average Bonchev–Trinajstić information content (AvgIpc) is 2.63. The first-order valence-electron chi connectivity index (χ1n) is 5.24. The summed E-state index contributed by atoms with van der Waals surface area (Å²) < 4.78 is 5.33. The SMILES string of the molecule is Cn1nnc(CNC2(C)CCOCC2)n1. The summed E-state index contributed by atoms with van der Waals surface area (Å²) in [5.74, 6) is 0.741. The van der Waals surface area contributed by atoms with Crippen molar-refractivity contribution in [3.05, 3.63) is 5.82 Å². The molecule has 84 valence electrons. The maximum atomic E-state index is 5.33. The van der Waals surface area contributed by atoms with Gasteiger partial charge in [-0.05, 0) is 25.0 Å². The van der Waals surface area contributed by atoms with E-state index in [-0.39, 0.29) is 5.54 Å². The highest BCUT2D eigenvalue weighted by atomic mass is 16.5. The van der Waals surface area contributed by atoms with Crippen molar-refractivity contribution in [2.75, 3.05) is 13.2 Å². The Bertz CT molecular complexity index is 318. The first-order chi connectivity index (χ1) is 7.18. The number of aryl methyl sites for hydroxylation is 1. The molecule has 15 heavy (non-hydrogen) atoms. The zero-order valence-electron chi connectivity index (χ0n) is 9.23. The van der Waals surface area contributed by atoms with E-state index in [1.54, 1.807) is 7.05 Å². The van der Waals surface area contributed by atoms with Crippen molar-refractivity contribution in [1.82, 2.24) is 25.5 Å². The molecule has 1 aromatic rings. The molecule has 1 saturated heterocycles. The van der Waals surface area contributed by atoms with Crippen LogP contribution in [0.4, 0.5) is 0 Å². The van der Waals surface area contributed by atoms with Crippen molar-refractivity contribution in [2.24, 2.45) is 7.05 Å². The van der Waals surface area contributed by atoms with Gasteiger partial charge in [0.1, 0.15) is 0 Å². The number of tetrazole rings is 1. The zero-order valence-corrected chi connectivity index (χ0v) is 9.23. The Labute approximate surface area is 89.0 Å². The second-order valence-corrected chi connectivity index (χ2v) is 4.22. The van der Waals surface area contributed by atoms with Crippen LogP contribution in [0.15, 0.2) is 0 Å². The minimum Gasteiger partial charge on any atom is -0.381 e. The van der Waals surface area contributed by atoms with Crippen molar-refractivity contribution in [2.45, 2.75) is 31.8 Å². The van der Waals surface area contributed by atoms with Crippen LogP contribution in [0.1, 0.15) is 25.6 Å². The van der Waals surface area contributed by atoms with Crippen molar-refractivity contribution < 1.29 is 4.74 Å². The fraction of sp³-hybridized carbons (Fsp3) is 0.889. The molecule has 1 aliphatic heterocycles. The Morgan fingerprint density at radius 3 is 2.80 bits per heavy atom. The number of nitrogens with zero attached hydrogens (tertiary/aromatic N) is 4. The normalized spacial score (nSPS) is 20.4. The van der Waals surface area contributed by atoms with Crippen LogP contribution in [-0.4, -0.2) is 39.0 Å². The summed E-state index contributed by atoms with van der Waals surface area (Å²) >= 11 is 0. The highest BCUT2D eigenvalue weighted by Gasteiger charge is 2.26. The van der Waals surface area contributed by atoms with E-state index in [0.29, 0.717) is 6.54 Å². The Kier molecular flexibility index (Phi) is 2.97. The van der Waals surface area contributed by atoms with E-state index in [1.165, 1.54) is 4.80 Å². The molecule has 0 saturated carbocycles. The molecule has 1 fully saturated rings. The highest BCUT2D eigenvalue weighted by Crippen LogP contribution is 2.19. The van der Waals surface area contributed by atoms with E-state index in [2.05, 4.69) is 27.7 Å². The maximum Gasteiger partial charge on any atom is 0.188 e. The zero-order chi connectivity index (χ0) is 10.7. The fourth-order valence-electron chi connectivity index (χ4n) is 1.69. The van der Waals surface area contributed by atoms with Crippen molar-refractivity contribution in [3.8, 4) is 0 Å². The largest absolute Gasteiger partial charge is 0.381 e. The van der Waals surface area contributed by atoms with Crippen molar-refractivity contribution in [3.63, 3.8) is 0 Å². The smallest absolute Gasteiger partial charge is 0.188 e. The molecule has 0 unspecified atom stereocenters. The molecule has 1 aromatic heterocycles. The molecule has 2 rings (SSSR count). The van der Waals surface area contributed by atoms with Gasteiger partial charge in [0.25, 0.3) is 0 Å². The molecule has 0 radical (unpaired) electrons. The second kappa shape index (κ2) is 4.24. The summed E-state index contributed by atoms with van der Waals surface area (Å²) in [4.78, 5) is 1.48. The Morgan fingerprint density at radius 2 is 2.20 bits per heavy atom. The minimum atomic E-state index is 0.150. The van der Waals surface area contributed by atoms with Crippen LogP contribution >= 0.6 is 0 Å². The number of ether oxygens (including phenoxy) is 1. The number of rotatable bonds is 3. The van der Waals surface area contributed by atoms with E-state index < -0.39 is 0 Å². The molecule has 0 aliphatic carbocycles. The summed E-state index contributed by atoms with van der Waals surface area (Å²) in [6.45, 7) is 4.55. The van der Waals surface area contributed by atoms with Crippen LogP contribution < -0.4 is 5.32 Å². The summed E-state index contributed by atoms with van der Waals surface area (Å²) in [7, 11) is 1.77. The molecule has 0 amide bonds. The van der Waals surface area contributed by atoms with Crippen LogP contribution in [0.3, 0.4) is 0 Å². The van der Waals surface area contributed by atoms with Crippen molar-refractivity contribution >= 4 is 0 Å². The van der Waals surface area contributed by atoms with Crippen LogP contribution in [0.5, 0.6) is 0 Å². The van der Waals surface area contributed by atoms with Gasteiger partial charge in [0.05, 0.1) is 13.6 Å². The first-order valence-corrected chi connectivity index (χ1v) is 5.24. The summed E-state index contributed by atoms with van der Waals surface area (Å²) in [6, 6.07) is 0. The van der Waals surface area contributed by atoms with Crippen LogP contribution in [0.2, 0.25) is 0 Å². The topological polar surface area (TPSA) is 64.9 Å². The third-order valence-electron chi connectivity index (χ3n) is 2.82. The first kappa shape index (κ1) is 10.5. The maximum absolute atomic E-state index is 5.33. The lowest BCUT2D eigenvalue weighted by molar-refractivity contribution is 0.0443. The second-order valence-electron chi connectivity index (χ2n) is 4.22. The van der Waals surface area contributed by atoms with E-state index in [0.717, 1.165) is 31.9 Å². The fourth-order valence-corrected chi connectivity index (χ4v) is 1.69.